The molecule has 3 rings (SSSR count). The fourth-order valence-electron chi connectivity index (χ4n) is 3.29. The Morgan fingerprint density at radius 1 is 1.07 bits per heavy atom. The van der Waals surface area contributed by atoms with Crippen LogP contribution in [0.5, 0.6) is 5.75 Å². The highest BCUT2D eigenvalue weighted by molar-refractivity contribution is 5.71. The molecule has 0 spiro atoms. The van der Waals surface area contributed by atoms with Crippen molar-refractivity contribution < 1.29 is 14.3 Å². The van der Waals surface area contributed by atoms with Crippen molar-refractivity contribution in [2.75, 3.05) is 14.2 Å². The third kappa shape index (κ3) is 4.55. The molecule has 3 aromatic rings. The van der Waals surface area contributed by atoms with Gasteiger partial charge in [-0.2, -0.15) is 5.26 Å². The van der Waals surface area contributed by atoms with Gasteiger partial charge in [0.2, 0.25) is 0 Å². The second-order valence-electron chi connectivity index (χ2n) is 6.56. The van der Waals surface area contributed by atoms with Gasteiger partial charge < -0.3 is 14.6 Å². The lowest BCUT2D eigenvalue weighted by atomic mass is 9.87. The molecule has 0 fully saturated rings. The zero-order valence-electron chi connectivity index (χ0n) is 16.2. The fourth-order valence-corrected chi connectivity index (χ4v) is 3.29. The molecule has 1 atom stereocenters. The predicted octanol–water partition coefficient (Wildman–Crippen LogP) is 2.87. The first-order valence-corrected chi connectivity index (χ1v) is 9.05. The molecule has 7 heteroatoms. The maximum absolute atomic E-state index is 12.6. The summed E-state index contributed by atoms with van der Waals surface area (Å²) in [5.74, 6) is -0.175. The molecule has 148 valence electrons. The van der Waals surface area contributed by atoms with E-state index >= 15 is 0 Å². The van der Waals surface area contributed by atoms with E-state index in [4.69, 9.17) is 14.7 Å². The van der Waals surface area contributed by atoms with E-state index in [1.165, 1.54) is 7.11 Å². The second kappa shape index (κ2) is 8.93. The minimum atomic E-state index is -0.501. The molecular weight excluding hydrogens is 370 g/mol. The lowest BCUT2D eigenvalue weighted by Gasteiger charge is -2.16. The number of hydrogen-bond acceptors (Lipinski definition) is 5. The van der Waals surface area contributed by atoms with E-state index in [2.05, 4.69) is 16.3 Å². The number of nitrogens with one attached hydrogen (secondary N) is 2. The Bertz CT molecular complexity index is 1070. The average Bonchev–Trinajstić information content (AvgIpc) is 3.12. The minimum absolute atomic E-state index is 0.0128. The Morgan fingerprint density at radius 2 is 1.76 bits per heavy atom. The van der Waals surface area contributed by atoms with Crippen LogP contribution in [0.25, 0.3) is 0 Å². The number of nitriles is 1. The van der Waals surface area contributed by atoms with E-state index in [0.29, 0.717) is 23.2 Å². The number of aromatic amines is 2. The summed E-state index contributed by atoms with van der Waals surface area (Å²) in [4.78, 5) is 24.7. The molecule has 0 saturated carbocycles. The Kier molecular flexibility index (Phi) is 6.15. The zero-order chi connectivity index (χ0) is 20.8. The van der Waals surface area contributed by atoms with Crippen molar-refractivity contribution in [3.8, 4) is 11.8 Å². The monoisotopic (exact) mass is 391 g/mol. The van der Waals surface area contributed by atoms with Crippen molar-refractivity contribution >= 4 is 5.97 Å². The van der Waals surface area contributed by atoms with Gasteiger partial charge in [-0.15, -0.1) is 0 Å². The van der Waals surface area contributed by atoms with Gasteiger partial charge in [0.15, 0.2) is 0 Å². The van der Waals surface area contributed by atoms with Gasteiger partial charge in [0.05, 0.1) is 32.3 Å². The Hall–Kier alpha value is -3.79. The van der Waals surface area contributed by atoms with Crippen molar-refractivity contribution in [1.29, 1.82) is 5.26 Å². The number of carbonyl (C=O) groups is 1. The van der Waals surface area contributed by atoms with Crippen LogP contribution >= 0.6 is 0 Å². The van der Waals surface area contributed by atoms with Crippen LogP contribution in [0.1, 0.15) is 40.3 Å². The van der Waals surface area contributed by atoms with Crippen LogP contribution in [0, 0.1) is 11.3 Å². The fraction of sp³-hybridized carbons (Fsp3) is 0.227. The zero-order valence-corrected chi connectivity index (χ0v) is 16.2. The van der Waals surface area contributed by atoms with Crippen LogP contribution < -0.4 is 10.3 Å². The quantitative estimate of drug-likeness (QED) is 0.602. The molecule has 0 aliphatic rings. The Morgan fingerprint density at radius 3 is 2.34 bits per heavy atom. The summed E-state index contributed by atoms with van der Waals surface area (Å²) in [6.45, 7) is 0. The molecule has 29 heavy (non-hydrogen) atoms. The van der Waals surface area contributed by atoms with Crippen molar-refractivity contribution in [2.45, 2.75) is 18.8 Å². The number of aromatic nitrogens is 2. The molecule has 1 aromatic heterocycles. The molecule has 1 heterocycles. The van der Waals surface area contributed by atoms with Crippen molar-refractivity contribution in [3.05, 3.63) is 86.8 Å². The van der Waals surface area contributed by atoms with Crippen molar-refractivity contribution in [1.82, 2.24) is 10.2 Å². The first-order valence-electron chi connectivity index (χ1n) is 9.05. The Balaban J connectivity index is 2.00. The first-order chi connectivity index (χ1) is 14.0. The molecule has 0 saturated heterocycles. The van der Waals surface area contributed by atoms with Gasteiger partial charge in [0, 0.05) is 23.6 Å². The molecule has 0 bridgehead atoms. The number of H-pyrrole nitrogens is 2. The van der Waals surface area contributed by atoms with Crippen LogP contribution in [0.3, 0.4) is 0 Å². The number of esters is 1. The summed E-state index contributed by atoms with van der Waals surface area (Å²) in [6, 6.07) is 16.5. The summed E-state index contributed by atoms with van der Waals surface area (Å²) >= 11 is 0. The van der Waals surface area contributed by atoms with Crippen LogP contribution in [0.4, 0.5) is 0 Å². The highest BCUT2D eigenvalue weighted by atomic mass is 16.5. The molecule has 0 aliphatic heterocycles. The number of ether oxygens (including phenoxy) is 2. The summed E-state index contributed by atoms with van der Waals surface area (Å²) in [5.41, 5.74) is 3.14. The highest BCUT2D eigenvalue weighted by Gasteiger charge is 2.26. The average molecular weight is 391 g/mol. The van der Waals surface area contributed by atoms with Gasteiger partial charge in [-0.1, -0.05) is 24.3 Å². The maximum Gasteiger partial charge on any atom is 0.306 e. The van der Waals surface area contributed by atoms with Gasteiger partial charge in [-0.3, -0.25) is 14.7 Å². The van der Waals surface area contributed by atoms with E-state index in [0.717, 1.165) is 16.9 Å². The van der Waals surface area contributed by atoms with E-state index < -0.39 is 11.9 Å². The lowest BCUT2D eigenvalue weighted by molar-refractivity contribution is -0.140. The predicted molar refractivity (Wildman–Crippen MR) is 107 cm³/mol. The number of hydrogen-bond donors (Lipinski definition) is 2. The van der Waals surface area contributed by atoms with Gasteiger partial charge >= 0.3 is 5.97 Å². The lowest BCUT2D eigenvalue weighted by Crippen LogP contribution is -2.18. The molecule has 0 amide bonds. The largest absolute Gasteiger partial charge is 0.497 e. The summed E-state index contributed by atoms with van der Waals surface area (Å²) in [7, 11) is 2.92. The van der Waals surface area contributed by atoms with Crippen LogP contribution in [-0.4, -0.2) is 30.4 Å². The van der Waals surface area contributed by atoms with Gasteiger partial charge in [-0.25, -0.2) is 0 Å². The summed E-state index contributed by atoms with van der Waals surface area (Å²) in [5, 5.41) is 14.6. The smallest absolute Gasteiger partial charge is 0.306 e. The van der Waals surface area contributed by atoms with Gasteiger partial charge in [0.25, 0.3) is 5.56 Å². The molecule has 0 radical (unpaired) electrons. The highest BCUT2D eigenvalue weighted by Crippen LogP contribution is 2.29. The van der Waals surface area contributed by atoms with Gasteiger partial charge in [0.1, 0.15) is 5.75 Å². The van der Waals surface area contributed by atoms with Crippen molar-refractivity contribution in [2.24, 2.45) is 0 Å². The minimum Gasteiger partial charge on any atom is -0.497 e. The third-order valence-electron chi connectivity index (χ3n) is 4.83. The third-order valence-corrected chi connectivity index (χ3v) is 4.83. The second-order valence-corrected chi connectivity index (χ2v) is 6.56. The molecule has 2 aromatic carbocycles. The summed E-state index contributed by atoms with van der Waals surface area (Å²) in [6.07, 6.45) is 0.491. The van der Waals surface area contributed by atoms with E-state index in [1.807, 2.05) is 24.3 Å². The van der Waals surface area contributed by atoms with Crippen LogP contribution in [0.15, 0.2) is 53.3 Å². The maximum atomic E-state index is 12.6. The van der Waals surface area contributed by atoms with Crippen LogP contribution in [-0.2, 0) is 16.0 Å². The van der Waals surface area contributed by atoms with E-state index in [9.17, 15) is 9.59 Å². The summed E-state index contributed by atoms with van der Waals surface area (Å²) < 4.78 is 10.0. The number of rotatable bonds is 7. The van der Waals surface area contributed by atoms with Crippen LogP contribution in [0.2, 0.25) is 0 Å². The van der Waals surface area contributed by atoms with Gasteiger partial charge in [-0.05, 0) is 35.4 Å². The van der Waals surface area contributed by atoms with E-state index in [-0.39, 0.29) is 12.0 Å². The molecule has 0 aliphatic carbocycles. The number of nitrogens with zero attached hydrogens (tertiary/aromatic N) is 1. The molecule has 7 nitrogen and oxygen atoms in total. The normalized spacial score (nSPS) is 11.5. The molecule has 2 N–H and O–H groups in total. The SMILES string of the molecule is COC(=O)CC(c1ccc(C#N)cc1)c1c(Cc2ccc(OC)cc2)[nH][nH]c1=O. The standard InChI is InChI=1S/C22H21N3O4/c1-28-17-9-5-14(6-10-17)11-19-21(22(27)25-24-19)18(12-20(26)29-2)16-7-3-15(13-23)4-8-16/h3-10,18H,11-12H2,1-2H3,(H2,24,25,27). The molecule has 1 unspecified atom stereocenters. The topological polar surface area (TPSA) is 108 Å². The number of methoxy groups -OCH3 is 2. The van der Waals surface area contributed by atoms with E-state index in [1.54, 1.807) is 31.4 Å². The Labute approximate surface area is 167 Å². The van der Waals surface area contributed by atoms with Crippen molar-refractivity contribution in [3.63, 3.8) is 0 Å². The number of benzene rings is 2. The number of carbonyl (C=O) groups excluding carboxylic acids is 1. The molecular formula is C22H21N3O4. The first kappa shape index (κ1) is 20.0.